The molecule has 2 aromatic carbocycles. The molecule has 0 saturated heterocycles. The van der Waals surface area contributed by atoms with E-state index < -0.39 is 0 Å². The van der Waals surface area contributed by atoms with Gasteiger partial charge in [-0.3, -0.25) is 0 Å². The number of ether oxygens (including phenoxy) is 2. The molecule has 4 heteroatoms. The Morgan fingerprint density at radius 1 is 1.00 bits per heavy atom. The van der Waals surface area contributed by atoms with E-state index in [1.807, 2.05) is 18.2 Å². The quantitative estimate of drug-likeness (QED) is 0.850. The molecule has 2 aromatic rings. The standard InChI is InChI=1S/C17H19FO3/c1-20-17-11-13(3-2-10-19)6-9-16(17)21-12-14-4-7-15(18)8-5-14/h4-9,11,19H,2-3,10,12H2,1H3. The van der Waals surface area contributed by atoms with Gasteiger partial charge in [-0.15, -0.1) is 0 Å². The fraction of sp³-hybridized carbons (Fsp3) is 0.294. The van der Waals surface area contributed by atoms with Crippen LogP contribution in [0.4, 0.5) is 4.39 Å². The first-order chi connectivity index (χ1) is 10.2. The molecule has 0 saturated carbocycles. The van der Waals surface area contributed by atoms with Crippen molar-refractivity contribution in [2.75, 3.05) is 13.7 Å². The minimum atomic E-state index is -0.260. The second-order valence-corrected chi connectivity index (χ2v) is 4.73. The van der Waals surface area contributed by atoms with Gasteiger partial charge >= 0.3 is 0 Å². The van der Waals surface area contributed by atoms with Crippen molar-refractivity contribution in [1.29, 1.82) is 0 Å². The van der Waals surface area contributed by atoms with Gasteiger partial charge in [0.1, 0.15) is 12.4 Å². The molecule has 0 fully saturated rings. The highest BCUT2D eigenvalue weighted by Crippen LogP contribution is 2.29. The van der Waals surface area contributed by atoms with Crippen LogP contribution in [0, 0.1) is 5.82 Å². The van der Waals surface area contributed by atoms with E-state index in [4.69, 9.17) is 14.6 Å². The molecule has 1 N–H and O–H groups in total. The van der Waals surface area contributed by atoms with E-state index >= 15 is 0 Å². The Balaban J connectivity index is 2.03. The van der Waals surface area contributed by atoms with Crippen LogP contribution in [0.2, 0.25) is 0 Å². The SMILES string of the molecule is COc1cc(CCCO)ccc1OCc1ccc(F)cc1. The second-order valence-electron chi connectivity index (χ2n) is 4.73. The molecular weight excluding hydrogens is 271 g/mol. The van der Waals surface area contributed by atoms with E-state index in [-0.39, 0.29) is 12.4 Å². The number of aliphatic hydroxyl groups excluding tert-OH is 1. The van der Waals surface area contributed by atoms with Crippen molar-refractivity contribution in [2.45, 2.75) is 19.4 Å². The average molecular weight is 290 g/mol. The van der Waals surface area contributed by atoms with Crippen molar-refractivity contribution in [1.82, 2.24) is 0 Å². The fourth-order valence-electron chi connectivity index (χ4n) is 2.01. The maximum Gasteiger partial charge on any atom is 0.161 e. The Morgan fingerprint density at radius 3 is 2.38 bits per heavy atom. The van der Waals surface area contributed by atoms with Crippen molar-refractivity contribution in [3.8, 4) is 11.5 Å². The number of benzene rings is 2. The zero-order valence-corrected chi connectivity index (χ0v) is 12.0. The molecule has 0 aliphatic rings. The molecule has 0 spiro atoms. The van der Waals surface area contributed by atoms with E-state index in [9.17, 15) is 4.39 Å². The first-order valence-corrected chi connectivity index (χ1v) is 6.88. The number of rotatable bonds is 7. The molecule has 2 rings (SSSR count). The summed E-state index contributed by atoms with van der Waals surface area (Å²) in [6.45, 7) is 0.526. The van der Waals surface area contributed by atoms with Crippen molar-refractivity contribution >= 4 is 0 Å². The minimum Gasteiger partial charge on any atom is -0.493 e. The Bertz CT molecular complexity index is 567. The van der Waals surface area contributed by atoms with Crippen LogP contribution in [0.5, 0.6) is 11.5 Å². The highest BCUT2D eigenvalue weighted by atomic mass is 19.1. The first-order valence-electron chi connectivity index (χ1n) is 6.88. The smallest absolute Gasteiger partial charge is 0.161 e. The number of aliphatic hydroxyl groups is 1. The van der Waals surface area contributed by atoms with Crippen LogP contribution in [0.25, 0.3) is 0 Å². The summed E-state index contributed by atoms with van der Waals surface area (Å²) in [6, 6.07) is 11.9. The normalized spacial score (nSPS) is 10.4. The minimum absolute atomic E-state index is 0.172. The summed E-state index contributed by atoms with van der Waals surface area (Å²) < 4.78 is 23.9. The summed E-state index contributed by atoms with van der Waals surface area (Å²) in [5.74, 6) is 1.05. The third kappa shape index (κ3) is 4.46. The largest absolute Gasteiger partial charge is 0.493 e. The zero-order valence-electron chi connectivity index (χ0n) is 12.0. The molecule has 0 bridgehead atoms. The summed E-state index contributed by atoms with van der Waals surface area (Å²) in [6.07, 6.45) is 1.52. The van der Waals surface area contributed by atoms with Gasteiger partial charge in [0, 0.05) is 6.61 Å². The van der Waals surface area contributed by atoms with E-state index in [0.29, 0.717) is 18.1 Å². The zero-order chi connectivity index (χ0) is 15.1. The van der Waals surface area contributed by atoms with E-state index in [1.165, 1.54) is 12.1 Å². The summed E-state index contributed by atoms with van der Waals surface area (Å²) >= 11 is 0. The fourth-order valence-corrected chi connectivity index (χ4v) is 2.01. The summed E-state index contributed by atoms with van der Waals surface area (Å²) in [7, 11) is 1.59. The van der Waals surface area contributed by atoms with Gasteiger partial charge in [-0.1, -0.05) is 18.2 Å². The van der Waals surface area contributed by atoms with Crippen LogP contribution >= 0.6 is 0 Å². The first kappa shape index (κ1) is 15.3. The van der Waals surface area contributed by atoms with Crippen LogP contribution in [0.1, 0.15) is 17.5 Å². The second kappa shape index (κ2) is 7.64. The Morgan fingerprint density at radius 2 is 1.71 bits per heavy atom. The molecule has 0 aromatic heterocycles. The Labute approximate surface area is 124 Å². The van der Waals surface area contributed by atoms with Crippen molar-refractivity contribution < 1.29 is 19.0 Å². The molecule has 0 aliphatic carbocycles. The predicted molar refractivity (Wildman–Crippen MR) is 79.1 cm³/mol. The van der Waals surface area contributed by atoms with Gasteiger partial charge in [0.25, 0.3) is 0 Å². The van der Waals surface area contributed by atoms with Gasteiger partial charge in [-0.2, -0.15) is 0 Å². The van der Waals surface area contributed by atoms with E-state index in [1.54, 1.807) is 19.2 Å². The van der Waals surface area contributed by atoms with Crippen LogP contribution < -0.4 is 9.47 Å². The van der Waals surface area contributed by atoms with Crippen molar-refractivity contribution in [2.24, 2.45) is 0 Å². The number of hydrogen-bond donors (Lipinski definition) is 1. The predicted octanol–water partition coefficient (Wildman–Crippen LogP) is 3.34. The van der Waals surface area contributed by atoms with Gasteiger partial charge < -0.3 is 14.6 Å². The molecule has 0 atom stereocenters. The molecule has 0 aliphatic heterocycles. The lowest BCUT2D eigenvalue weighted by Gasteiger charge is -2.12. The Kier molecular flexibility index (Phi) is 5.58. The third-order valence-corrected chi connectivity index (χ3v) is 3.16. The van der Waals surface area contributed by atoms with Crippen LogP contribution in [0.15, 0.2) is 42.5 Å². The van der Waals surface area contributed by atoms with Crippen molar-refractivity contribution in [3.05, 3.63) is 59.4 Å². The molecule has 21 heavy (non-hydrogen) atoms. The highest BCUT2D eigenvalue weighted by Gasteiger charge is 2.06. The number of methoxy groups -OCH3 is 1. The van der Waals surface area contributed by atoms with Gasteiger partial charge in [0.05, 0.1) is 7.11 Å². The van der Waals surface area contributed by atoms with Gasteiger partial charge in [-0.05, 0) is 48.2 Å². The maximum atomic E-state index is 12.8. The number of aryl methyl sites for hydroxylation is 1. The molecule has 0 radical (unpaired) electrons. The van der Waals surface area contributed by atoms with Gasteiger partial charge in [0.2, 0.25) is 0 Å². The molecule has 0 unspecified atom stereocenters. The van der Waals surface area contributed by atoms with Crippen LogP contribution in [-0.2, 0) is 13.0 Å². The monoisotopic (exact) mass is 290 g/mol. The molecule has 3 nitrogen and oxygen atoms in total. The van der Waals surface area contributed by atoms with Gasteiger partial charge in [0.15, 0.2) is 11.5 Å². The average Bonchev–Trinajstić information content (AvgIpc) is 2.52. The van der Waals surface area contributed by atoms with E-state index in [0.717, 1.165) is 24.0 Å². The number of halogens is 1. The lowest BCUT2D eigenvalue weighted by atomic mass is 10.1. The lowest BCUT2D eigenvalue weighted by molar-refractivity contribution is 0.283. The Hall–Kier alpha value is -2.07. The van der Waals surface area contributed by atoms with E-state index in [2.05, 4.69) is 0 Å². The molecule has 0 heterocycles. The van der Waals surface area contributed by atoms with Crippen LogP contribution in [-0.4, -0.2) is 18.8 Å². The van der Waals surface area contributed by atoms with Gasteiger partial charge in [-0.25, -0.2) is 4.39 Å². The highest BCUT2D eigenvalue weighted by molar-refractivity contribution is 5.43. The topological polar surface area (TPSA) is 38.7 Å². The molecule has 0 amide bonds. The summed E-state index contributed by atoms with van der Waals surface area (Å²) in [5, 5.41) is 8.86. The summed E-state index contributed by atoms with van der Waals surface area (Å²) in [5.41, 5.74) is 1.98. The maximum absolute atomic E-state index is 12.8. The summed E-state index contributed by atoms with van der Waals surface area (Å²) in [4.78, 5) is 0. The lowest BCUT2D eigenvalue weighted by Crippen LogP contribution is -1.99. The van der Waals surface area contributed by atoms with Crippen LogP contribution in [0.3, 0.4) is 0 Å². The molecule has 112 valence electrons. The number of hydrogen-bond acceptors (Lipinski definition) is 3. The third-order valence-electron chi connectivity index (χ3n) is 3.16. The molecular formula is C17H19FO3. The van der Waals surface area contributed by atoms with Crippen molar-refractivity contribution in [3.63, 3.8) is 0 Å².